The van der Waals surface area contributed by atoms with Gasteiger partial charge in [-0.05, 0) is 42.3 Å². The average molecular weight is 350 g/mol. The van der Waals surface area contributed by atoms with Gasteiger partial charge < -0.3 is 0 Å². The minimum Gasteiger partial charge on any atom is -0.253 e. The van der Waals surface area contributed by atoms with Gasteiger partial charge >= 0.3 is 0 Å². The zero-order chi connectivity index (χ0) is 16.2. The summed E-state index contributed by atoms with van der Waals surface area (Å²) in [6, 6.07) is 16.8. The molecule has 116 valence electrons. The Labute approximate surface area is 144 Å². The third kappa shape index (κ3) is 5.60. The smallest absolute Gasteiger partial charge is 0.0648 e. The summed E-state index contributed by atoms with van der Waals surface area (Å²) in [5.74, 6) is 0. The molecule has 0 spiro atoms. The van der Waals surface area contributed by atoms with E-state index in [2.05, 4.69) is 19.6 Å². The van der Waals surface area contributed by atoms with Crippen molar-refractivity contribution in [2.75, 3.05) is 0 Å². The van der Waals surface area contributed by atoms with Crippen molar-refractivity contribution in [1.29, 1.82) is 0 Å². The van der Waals surface area contributed by atoms with Crippen LogP contribution in [0.5, 0.6) is 0 Å². The molecule has 0 aliphatic carbocycles. The first-order valence-corrected chi connectivity index (χ1v) is 11.9. The van der Waals surface area contributed by atoms with Crippen LogP contribution in [0, 0.1) is 0 Å². The molecule has 2 rings (SSSR count). The van der Waals surface area contributed by atoms with Gasteiger partial charge in [-0.2, -0.15) is 0 Å². The highest BCUT2D eigenvalue weighted by molar-refractivity contribution is 6.76. The maximum atomic E-state index is 6.06. The van der Waals surface area contributed by atoms with Crippen LogP contribution in [0.2, 0.25) is 35.7 Å². The molecule has 0 saturated heterocycles. The minimum absolute atomic E-state index is 0.710. The fraction of sp³-hybridized carbons (Fsp3) is 0.278. The van der Waals surface area contributed by atoms with E-state index < -0.39 is 8.07 Å². The number of rotatable bonds is 5. The first kappa shape index (κ1) is 17.3. The molecule has 4 heteroatoms. The first-order chi connectivity index (χ1) is 10.3. The van der Waals surface area contributed by atoms with Crippen molar-refractivity contribution in [3.05, 3.63) is 64.1 Å². The van der Waals surface area contributed by atoms with Crippen molar-refractivity contribution < 1.29 is 0 Å². The summed E-state index contributed by atoms with van der Waals surface area (Å²) in [5, 5.41) is 1.46. The summed E-state index contributed by atoms with van der Waals surface area (Å²) in [6.07, 6.45) is 0.976. The van der Waals surface area contributed by atoms with Crippen molar-refractivity contribution in [2.24, 2.45) is 4.99 Å². The lowest BCUT2D eigenvalue weighted by Crippen LogP contribution is -2.20. The standard InChI is InChI=1S/C18H21Cl2NSi/c1-22(2,3)12-11-18(14-7-9-15(19)10-8-14)21-17-6-4-5-16(20)13-17/h4-10,13H,11-12H2,1-3H3. The highest BCUT2D eigenvalue weighted by atomic mass is 35.5. The van der Waals surface area contributed by atoms with E-state index in [-0.39, 0.29) is 0 Å². The van der Waals surface area contributed by atoms with Crippen LogP contribution in [0.15, 0.2) is 53.5 Å². The van der Waals surface area contributed by atoms with Gasteiger partial charge in [-0.25, -0.2) is 0 Å². The van der Waals surface area contributed by atoms with Gasteiger partial charge in [0.05, 0.1) is 5.69 Å². The summed E-state index contributed by atoms with van der Waals surface area (Å²) in [5.41, 5.74) is 3.12. The zero-order valence-corrected chi connectivity index (χ0v) is 15.7. The third-order valence-corrected chi connectivity index (χ3v) is 5.60. The highest BCUT2D eigenvalue weighted by Crippen LogP contribution is 2.23. The van der Waals surface area contributed by atoms with Crippen molar-refractivity contribution in [1.82, 2.24) is 0 Å². The van der Waals surface area contributed by atoms with Gasteiger partial charge in [0.25, 0.3) is 0 Å². The van der Waals surface area contributed by atoms with Crippen molar-refractivity contribution in [3.8, 4) is 0 Å². The van der Waals surface area contributed by atoms with Crippen LogP contribution in [0.25, 0.3) is 0 Å². The number of benzene rings is 2. The van der Waals surface area contributed by atoms with Gasteiger partial charge in [-0.1, -0.05) is 67.1 Å². The normalized spacial score (nSPS) is 12.5. The highest BCUT2D eigenvalue weighted by Gasteiger charge is 2.15. The molecule has 0 aliphatic rings. The molecule has 2 aromatic carbocycles. The Balaban J connectivity index is 2.34. The molecule has 0 fully saturated rings. The molecule has 0 radical (unpaired) electrons. The Hall–Kier alpha value is -1.09. The van der Waals surface area contributed by atoms with E-state index >= 15 is 0 Å². The molecule has 0 bridgehead atoms. The summed E-state index contributed by atoms with van der Waals surface area (Å²) < 4.78 is 0. The Morgan fingerprint density at radius 3 is 2.23 bits per heavy atom. The second kappa shape index (κ2) is 7.45. The van der Waals surface area contributed by atoms with E-state index in [9.17, 15) is 0 Å². The summed E-state index contributed by atoms with van der Waals surface area (Å²) >= 11 is 12.1. The van der Waals surface area contributed by atoms with Gasteiger partial charge in [0.2, 0.25) is 0 Å². The van der Waals surface area contributed by atoms with E-state index in [1.165, 1.54) is 6.04 Å². The lowest BCUT2D eigenvalue weighted by atomic mass is 10.1. The minimum atomic E-state index is -1.12. The monoisotopic (exact) mass is 349 g/mol. The van der Waals surface area contributed by atoms with Crippen LogP contribution >= 0.6 is 23.2 Å². The summed E-state index contributed by atoms with van der Waals surface area (Å²) in [6.45, 7) is 7.14. The van der Waals surface area contributed by atoms with Crippen LogP contribution in [0.3, 0.4) is 0 Å². The molecule has 1 nitrogen and oxygen atoms in total. The molecule has 2 aromatic rings. The Morgan fingerprint density at radius 1 is 0.955 bits per heavy atom. The predicted molar refractivity (Wildman–Crippen MR) is 102 cm³/mol. The SMILES string of the molecule is C[Si](C)(C)CCC(=Nc1cccc(Cl)c1)c1ccc(Cl)cc1. The molecule has 0 amide bonds. The average Bonchev–Trinajstić information content (AvgIpc) is 2.43. The Morgan fingerprint density at radius 2 is 1.64 bits per heavy atom. The number of aliphatic imine (C=N–C) groups is 1. The van der Waals surface area contributed by atoms with Gasteiger partial charge in [0.15, 0.2) is 0 Å². The van der Waals surface area contributed by atoms with Gasteiger partial charge in [0.1, 0.15) is 0 Å². The molecule has 0 atom stereocenters. The fourth-order valence-electron chi connectivity index (χ4n) is 2.10. The van der Waals surface area contributed by atoms with Crippen molar-refractivity contribution in [3.63, 3.8) is 0 Å². The Bertz CT molecular complexity index is 658. The van der Waals surface area contributed by atoms with Crippen LogP contribution in [-0.2, 0) is 0 Å². The molecule has 0 saturated carbocycles. The topological polar surface area (TPSA) is 12.4 Å². The maximum Gasteiger partial charge on any atom is 0.0648 e. The number of halogens is 2. The first-order valence-electron chi connectivity index (χ1n) is 7.43. The maximum absolute atomic E-state index is 6.06. The lowest BCUT2D eigenvalue weighted by molar-refractivity contribution is 1.20. The van der Waals surface area contributed by atoms with Crippen molar-refractivity contribution in [2.45, 2.75) is 32.1 Å². The number of hydrogen-bond acceptors (Lipinski definition) is 1. The Kier molecular flexibility index (Phi) is 5.85. The summed E-state index contributed by atoms with van der Waals surface area (Å²) in [7, 11) is -1.12. The molecular formula is C18H21Cl2NSi. The molecular weight excluding hydrogens is 329 g/mol. The molecule has 0 aromatic heterocycles. The molecule has 0 aliphatic heterocycles. The zero-order valence-electron chi connectivity index (χ0n) is 13.2. The van der Waals surface area contributed by atoms with E-state index in [0.29, 0.717) is 5.02 Å². The second-order valence-electron chi connectivity index (χ2n) is 6.61. The van der Waals surface area contributed by atoms with E-state index in [4.69, 9.17) is 28.2 Å². The van der Waals surface area contributed by atoms with Gasteiger partial charge in [-0.3, -0.25) is 4.99 Å². The van der Waals surface area contributed by atoms with Crippen LogP contribution < -0.4 is 0 Å². The van der Waals surface area contributed by atoms with E-state index in [1.807, 2.05) is 48.5 Å². The molecule has 0 N–H and O–H groups in total. The van der Waals surface area contributed by atoms with Crippen LogP contribution in [0.4, 0.5) is 5.69 Å². The van der Waals surface area contributed by atoms with Gasteiger partial charge in [-0.15, -0.1) is 0 Å². The number of hydrogen-bond donors (Lipinski definition) is 0. The van der Waals surface area contributed by atoms with Gasteiger partial charge in [0, 0.05) is 23.8 Å². The lowest BCUT2D eigenvalue weighted by Gasteiger charge is -2.16. The van der Waals surface area contributed by atoms with E-state index in [0.717, 1.165) is 28.4 Å². The molecule has 0 unspecified atom stereocenters. The van der Waals surface area contributed by atoms with E-state index in [1.54, 1.807) is 0 Å². The van der Waals surface area contributed by atoms with Crippen molar-refractivity contribution >= 4 is 42.7 Å². The number of nitrogens with zero attached hydrogens (tertiary/aromatic N) is 1. The summed E-state index contributed by atoms with van der Waals surface area (Å²) in [4.78, 5) is 4.83. The molecule has 0 heterocycles. The predicted octanol–water partition coefficient (Wildman–Crippen LogP) is 6.84. The second-order valence-corrected chi connectivity index (χ2v) is 13.1. The third-order valence-electron chi connectivity index (χ3n) is 3.36. The quantitative estimate of drug-likeness (QED) is 0.413. The largest absolute Gasteiger partial charge is 0.253 e. The molecule has 22 heavy (non-hydrogen) atoms. The van der Waals surface area contributed by atoms with Crippen LogP contribution in [-0.4, -0.2) is 13.8 Å². The fourth-order valence-corrected chi connectivity index (χ4v) is 3.40. The van der Waals surface area contributed by atoms with Crippen LogP contribution in [0.1, 0.15) is 12.0 Å².